The predicted molar refractivity (Wildman–Crippen MR) is 130 cm³/mol. The molecule has 170 valence electrons. The SMILES string of the molecule is COC(=O)c1cccc(-c2ccc([C@H]3[C@H](c4ccccn4)NC(=S)N3c3ccccc3F)o2)c1. The molecule has 2 aromatic carbocycles. The van der Waals surface area contributed by atoms with E-state index in [2.05, 4.69) is 10.3 Å². The van der Waals surface area contributed by atoms with E-state index in [-0.39, 0.29) is 6.04 Å². The first-order valence-electron chi connectivity index (χ1n) is 10.6. The quantitative estimate of drug-likeness (QED) is 0.306. The zero-order chi connectivity index (χ0) is 23.7. The van der Waals surface area contributed by atoms with Crippen LogP contribution in [0.2, 0.25) is 0 Å². The van der Waals surface area contributed by atoms with Crippen molar-refractivity contribution >= 4 is 29.0 Å². The van der Waals surface area contributed by atoms with E-state index in [1.807, 2.05) is 36.4 Å². The summed E-state index contributed by atoms with van der Waals surface area (Å²) < 4.78 is 25.9. The molecule has 3 heterocycles. The highest BCUT2D eigenvalue weighted by atomic mass is 32.1. The molecule has 1 saturated heterocycles. The summed E-state index contributed by atoms with van der Waals surface area (Å²) in [4.78, 5) is 18.2. The maximum atomic E-state index is 14.8. The number of carbonyl (C=O) groups is 1. The standard InChI is InChI=1S/C26H20FN3O3S/c1-32-25(31)17-8-6-7-16(15-17)21-12-13-22(33-21)24-23(19-10-4-5-14-28-19)29-26(34)30(24)20-11-3-2-9-18(20)27/h2-15,23-24H,1H3,(H,29,34)/t23-,24-/m0/s1. The van der Waals surface area contributed by atoms with Crippen molar-refractivity contribution in [1.29, 1.82) is 0 Å². The van der Waals surface area contributed by atoms with E-state index in [1.165, 1.54) is 13.2 Å². The number of methoxy groups -OCH3 is 1. The van der Waals surface area contributed by atoms with E-state index in [0.717, 1.165) is 11.3 Å². The number of hydrogen-bond acceptors (Lipinski definition) is 5. The Hall–Kier alpha value is -4.04. The monoisotopic (exact) mass is 473 g/mol. The average molecular weight is 474 g/mol. The van der Waals surface area contributed by atoms with E-state index in [0.29, 0.717) is 27.9 Å². The van der Waals surface area contributed by atoms with Gasteiger partial charge in [-0.2, -0.15) is 0 Å². The average Bonchev–Trinajstić information content (AvgIpc) is 3.49. The number of pyridine rings is 1. The lowest BCUT2D eigenvalue weighted by Crippen LogP contribution is -2.30. The summed E-state index contributed by atoms with van der Waals surface area (Å²) >= 11 is 5.62. The third kappa shape index (κ3) is 3.92. The van der Waals surface area contributed by atoms with Crippen molar-refractivity contribution in [2.75, 3.05) is 12.0 Å². The number of furan rings is 1. The van der Waals surface area contributed by atoms with Gasteiger partial charge in [-0.05, 0) is 60.7 Å². The number of anilines is 1. The van der Waals surface area contributed by atoms with Crippen LogP contribution in [0.25, 0.3) is 11.3 Å². The highest BCUT2D eigenvalue weighted by molar-refractivity contribution is 7.80. The third-order valence-corrected chi connectivity index (χ3v) is 6.01. The second-order valence-corrected chi connectivity index (χ2v) is 8.11. The Bertz CT molecular complexity index is 1360. The van der Waals surface area contributed by atoms with Crippen molar-refractivity contribution in [3.63, 3.8) is 0 Å². The van der Waals surface area contributed by atoms with E-state index in [4.69, 9.17) is 21.4 Å². The number of para-hydroxylation sites is 1. The molecule has 34 heavy (non-hydrogen) atoms. The van der Waals surface area contributed by atoms with Crippen LogP contribution in [-0.2, 0) is 4.74 Å². The van der Waals surface area contributed by atoms with Gasteiger partial charge in [0.25, 0.3) is 0 Å². The number of ether oxygens (including phenoxy) is 1. The van der Waals surface area contributed by atoms with Crippen molar-refractivity contribution in [3.8, 4) is 11.3 Å². The van der Waals surface area contributed by atoms with Gasteiger partial charge in [0.2, 0.25) is 0 Å². The molecule has 4 aromatic rings. The zero-order valence-electron chi connectivity index (χ0n) is 18.1. The van der Waals surface area contributed by atoms with E-state index >= 15 is 0 Å². The zero-order valence-corrected chi connectivity index (χ0v) is 19.0. The maximum absolute atomic E-state index is 14.8. The van der Waals surface area contributed by atoms with Crippen molar-refractivity contribution in [3.05, 3.63) is 108 Å². The number of nitrogens with one attached hydrogen (secondary N) is 1. The number of benzene rings is 2. The smallest absolute Gasteiger partial charge is 0.337 e. The minimum Gasteiger partial charge on any atom is -0.465 e. The topological polar surface area (TPSA) is 67.6 Å². The van der Waals surface area contributed by atoms with Crippen molar-refractivity contribution in [2.24, 2.45) is 0 Å². The highest BCUT2D eigenvalue weighted by Crippen LogP contribution is 2.43. The molecule has 0 saturated carbocycles. The second kappa shape index (κ2) is 9.07. The van der Waals surface area contributed by atoms with Crippen LogP contribution in [0.5, 0.6) is 0 Å². The summed E-state index contributed by atoms with van der Waals surface area (Å²) in [5.74, 6) is 0.312. The van der Waals surface area contributed by atoms with Crippen LogP contribution in [0.15, 0.2) is 89.5 Å². The van der Waals surface area contributed by atoms with E-state index in [1.54, 1.807) is 47.5 Å². The third-order valence-electron chi connectivity index (χ3n) is 5.70. The number of aromatic nitrogens is 1. The summed E-state index contributed by atoms with van der Waals surface area (Å²) in [7, 11) is 1.34. The Morgan fingerprint density at radius 1 is 1.09 bits per heavy atom. The number of esters is 1. The molecule has 2 atom stereocenters. The lowest BCUT2D eigenvalue weighted by atomic mass is 10.0. The van der Waals surface area contributed by atoms with Crippen molar-refractivity contribution < 1.29 is 18.3 Å². The Kier molecular flexibility index (Phi) is 5.81. The fourth-order valence-corrected chi connectivity index (χ4v) is 4.47. The fourth-order valence-electron chi connectivity index (χ4n) is 4.13. The van der Waals surface area contributed by atoms with Gasteiger partial charge in [-0.1, -0.05) is 30.3 Å². The van der Waals surface area contributed by atoms with Crippen LogP contribution in [0.3, 0.4) is 0 Å². The summed E-state index contributed by atoms with van der Waals surface area (Å²) in [6, 6.07) is 21.9. The molecule has 0 unspecified atom stereocenters. The first-order valence-corrected chi connectivity index (χ1v) is 11.0. The molecular formula is C26H20FN3O3S. The molecule has 0 amide bonds. The van der Waals surface area contributed by atoms with Gasteiger partial charge in [0.15, 0.2) is 5.11 Å². The van der Waals surface area contributed by atoms with Gasteiger partial charge in [-0.3, -0.25) is 4.98 Å². The predicted octanol–water partition coefficient (Wildman–Crippen LogP) is 5.44. The fraction of sp³-hybridized carbons (Fsp3) is 0.115. The molecule has 1 aliphatic heterocycles. The normalized spacial score (nSPS) is 17.5. The Morgan fingerprint density at radius 2 is 1.91 bits per heavy atom. The summed E-state index contributed by atoms with van der Waals surface area (Å²) in [6.07, 6.45) is 1.70. The minimum atomic E-state index is -0.489. The van der Waals surface area contributed by atoms with Gasteiger partial charge in [-0.15, -0.1) is 0 Å². The van der Waals surface area contributed by atoms with Gasteiger partial charge in [-0.25, -0.2) is 9.18 Å². The van der Waals surface area contributed by atoms with Gasteiger partial charge < -0.3 is 19.4 Å². The number of halogens is 1. The van der Waals surface area contributed by atoms with Gasteiger partial charge in [0, 0.05) is 11.8 Å². The molecule has 0 bridgehead atoms. The second-order valence-electron chi connectivity index (χ2n) is 7.72. The Morgan fingerprint density at radius 3 is 2.68 bits per heavy atom. The maximum Gasteiger partial charge on any atom is 0.337 e. The molecule has 5 rings (SSSR count). The molecule has 0 aliphatic carbocycles. The van der Waals surface area contributed by atoms with E-state index < -0.39 is 17.8 Å². The van der Waals surface area contributed by atoms with Crippen LogP contribution in [0.1, 0.15) is 33.9 Å². The number of thiocarbonyl (C=S) groups is 1. The van der Waals surface area contributed by atoms with Crippen LogP contribution >= 0.6 is 12.2 Å². The lowest BCUT2D eigenvalue weighted by Gasteiger charge is -2.26. The summed E-state index contributed by atoms with van der Waals surface area (Å²) in [5.41, 5.74) is 2.23. The molecule has 1 aliphatic rings. The molecule has 0 spiro atoms. The first-order chi connectivity index (χ1) is 16.6. The molecule has 2 aromatic heterocycles. The number of nitrogens with zero attached hydrogens (tertiary/aromatic N) is 2. The van der Waals surface area contributed by atoms with Crippen LogP contribution in [0.4, 0.5) is 10.1 Å². The van der Waals surface area contributed by atoms with Crippen LogP contribution in [0, 0.1) is 5.82 Å². The van der Waals surface area contributed by atoms with Crippen molar-refractivity contribution in [1.82, 2.24) is 10.3 Å². The van der Waals surface area contributed by atoms with Crippen LogP contribution in [-0.4, -0.2) is 23.2 Å². The molecular weight excluding hydrogens is 453 g/mol. The summed E-state index contributed by atoms with van der Waals surface area (Å²) in [6.45, 7) is 0. The Balaban J connectivity index is 1.59. The number of carbonyl (C=O) groups excluding carboxylic acids is 1. The Labute approximate surface area is 201 Å². The van der Waals surface area contributed by atoms with Gasteiger partial charge in [0.05, 0.1) is 30.1 Å². The van der Waals surface area contributed by atoms with Gasteiger partial charge >= 0.3 is 5.97 Å². The number of hydrogen-bond donors (Lipinski definition) is 1. The first kappa shape index (κ1) is 21.8. The summed E-state index contributed by atoms with van der Waals surface area (Å²) in [5, 5.41) is 3.65. The lowest BCUT2D eigenvalue weighted by molar-refractivity contribution is 0.0601. The molecule has 1 N–H and O–H groups in total. The molecule has 8 heteroatoms. The van der Waals surface area contributed by atoms with Gasteiger partial charge in [0.1, 0.15) is 23.4 Å². The van der Waals surface area contributed by atoms with Crippen molar-refractivity contribution in [2.45, 2.75) is 12.1 Å². The highest BCUT2D eigenvalue weighted by Gasteiger charge is 2.43. The largest absolute Gasteiger partial charge is 0.465 e. The molecule has 0 radical (unpaired) electrons. The molecule has 1 fully saturated rings. The van der Waals surface area contributed by atoms with Crippen LogP contribution < -0.4 is 10.2 Å². The number of rotatable bonds is 5. The molecule has 6 nitrogen and oxygen atoms in total. The van der Waals surface area contributed by atoms with E-state index in [9.17, 15) is 9.18 Å². The minimum absolute atomic E-state index is 0.342.